The molecule has 1 fully saturated rings. The summed E-state index contributed by atoms with van der Waals surface area (Å²) in [4.78, 5) is 0. The third-order valence-electron chi connectivity index (χ3n) is 2.49. The molecule has 1 aromatic rings. The molecule has 0 aromatic heterocycles. The molecule has 0 spiro atoms. The van der Waals surface area contributed by atoms with Crippen molar-refractivity contribution in [3.05, 3.63) is 23.8 Å². The van der Waals surface area contributed by atoms with Gasteiger partial charge in [0, 0.05) is 17.5 Å². The molecule has 13 heavy (non-hydrogen) atoms. The number of hydrogen-bond donors (Lipinski definition) is 2. The number of phenolic OH excluding ortho intramolecular Hbond substituents is 1. The highest BCUT2D eigenvalue weighted by atomic mass is 16.5. The first-order valence-corrected chi connectivity index (χ1v) is 4.35. The molecule has 0 aliphatic heterocycles. The summed E-state index contributed by atoms with van der Waals surface area (Å²) in [7, 11) is 1.55. The first-order valence-electron chi connectivity index (χ1n) is 4.35. The van der Waals surface area contributed by atoms with Gasteiger partial charge in [-0.15, -0.1) is 0 Å². The second-order valence-electron chi connectivity index (χ2n) is 3.40. The average Bonchev–Trinajstić information content (AvgIpc) is 2.83. The lowest BCUT2D eigenvalue weighted by Gasteiger charge is -2.07. The quantitative estimate of drug-likeness (QED) is 0.717. The fourth-order valence-corrected chi connectivity index (χ4v) is 1.58. The highest BCUT2D eigenvalue weighted by Crippen LogP contribution is 2.45. The fraction of sp³-hybridized carbons (Fsp3) is 0.400. The maximum Gasteiger partial charge on any atom is 0.161 e. The van der Waals surface area contributed by atoms with Gasteiger partial charge in [0.25, 0.3) is 0 Å². The number of nitrogens with two attached hydrogens (primary N) is 1. The molecule has 3 nitrogen and oxygen atoms in total. The van der Waals surface area contributed by atoms with E-state index in [4.69, 9.17) is 10.5 Å². The van der Waals surface area contributed by atoms with Gasteiger partial charge in [0.15, 0.2) is 11.5 Å². The van der Waals surface area contributed by atoms with Crippen LogP contribution in [0.5, 0.6) is 11.5 Å². The lowest BCUT2D eigenvalue weighted by Crippen LogP contribution is -2.01. The van der Waals surface area contributed by atoms with Crippen molar-refractivity contribution < 1.29 is 9.84 Å². The van der Waals surface area contributed by atoms with Crippen molar-refractivity contribution in [3.63, 3.8) is 0 Å². The summed E-state index contributed by atoms with van der Waals surface area (Å²) >= 11 is 0. The van der Waals surface area contributed by atoms with E-state index in [1.807, 2.05) is 12.1 Å². The molecule has 2 atom stereocenters. The number of hydrogen-bond acceptors (Lipinski definition) is 3. The van der Waals surface area contributed by atoms with Crippen LogP contribution in [-0.4, -0.2) is 18.3 Å². The first kappa shape index (κ1) is 8.38. The lowest BCUT2D eigenvalue weighted by molar-refractivity contribution is 0.370. The van der Waals surface area contributed by atoms with E-state index in [-0.39, 0.29) is 11.8 Å². The third kappa shape index (κ3) is 1.35. The zero-order chi connectivity index (χ0) is 9.42. The smallest absolute Gasteiger partial charge is 0.161 e. The molecular weight excluding hydrogens is 166 g/mol. The van der Waals surface area contributed by atoms with Crippen molar-refractivity contribution in [3.8, 4) is 11.5 Å². The van der Waals surface area contributed by atoms with Gasteiger partial charge in [-0.3, -0.25) is 0 Å². The van der Waals surface area contributed by atoms with E-state index in [2.05, 4.69) is 0 Å². The van der Waals surface area contributed by atoms with E-state index < -0.39 is 0 Å². The molecule has 1 saturated carbocycles. The largest absolute Gasteiger partial charge is 0.504 e. The Labute approximate surface area is 77.1 Å². The van der Waals surface area contributed by atoms with E-state index in [0.29, 0.717) is 11.7 Å². The molecule has 2 rings (SSSR count). The molecule has 1 aliphatic rings. The predicted octanol–water partition coefficient (Wildman–Crippen LogP) is 1.22. The second kappa shape index (κ2) is 2.92. The molecule has 0 saturated heterocycles. The van der Waals surface area contributed by atoms with Crippen LogP contribution < -0.4 is 10.5 Å². The summed E-state index contributed by atoms with van der Waals surface area (Å²) in [5, 5.41) is 9.74. The number of benzene rings is 1. The Morgan fingerprint density at radius 2 is 2.23 bits per heavy atom. The van der Waals surface area contributed by atoms with E-state index in [0.717, 1.165) is 12.0 Å². The van der Waals surface area contributed by atoms with Gasteiger partial charge in [-0.2, -0.15) is 0 Å². The maximum absolute atomic E-state index is 9.74. The Morgan fingerprint density at radius 3 is 2.77 bits per heavy atom. The normalized spacial score (nSPS) is 25.7. The van der Waals surface area contributed by atoms with Gasteiger partial charge < -0.3 is 15.6 Å². The van der Waals surface area contributed by atoms with Gasteiger partial charge in [0.2, 0.25) is 0 Å². The Kier molecular flexibility index (Phi) is 1.88. The fourth-order valence-electron chi connectivity index (χ4n) is 1.58. The molecule has 70 valence electrons. The van der Waals surface area contributed by atoms with Crippen LogP contribution in [0.15, 0.2) is 18.2 Å². The van der Waals surface area contributed by atoms with Crippen molar-refractivity contribution in [2.45, 2.75) is 18.4 Å². The zero-order valence-corrected chi connectivity index (χ0v) is 7.53. The molecule has 3 N–H and O–H groups in total. The van der Waals surface area contributed by atoms with E-state index in [9.17, 15) is 5.11 Å². The average molecular weight is 179 g/mol. The standard InChI is InChI=1S/C10H13NO2/c1-13-9-4-2-3-6(10(9)12)7-5-8(7)11/h2-4,7-8,12H,5,11H2,1H3/t7-,8+/m0/s1. The van der Waals surface area contributed by atoms with Crippen molar-refractivity contribution in [2.75, 3.05) is 7.11 Å². The monoisotopic (exact) mass is 179 g/mol. The number of para-hydroxylation sites is 1. The van der Waals surface area contributed by atoms with E-state index in [1.165, 1.54) is 0 Å². The molecule has 0 unspecified atom stereocenters. The predicted molar refractivity (Wildman–Crippen MR) is 50.0 cm³/mol. The van der Waals surface area contributed by atoms with Crippen LogP contribution in [0.4, 0.5) is 0 Å². The van der Waals surface area contributed by atoms with Gasteiger partial charge in [-0.25, -0.2) is 0 Å². The SMILES string of the molecule is COc1cccc([C@@H]2C[C@H]2N)c1O. The molecule has 3 heteroatoms. The number of methoxy groups -OCH3 is 1. The van der Waals surface area contributed by atoms with Crippen molar-refractivity contribution >= 4 is 0 Å². The van der Waals surface area contributed by atoms with Gasteiger partial charge in [0.05, 0.1) is 7.11 Å². The van der Waals surface area contributed by atoms with Crippen LogP contribution in [0.1, 0.15) is 17.9 Å². The van der Waals surface area contributed by atoms with E-state index >= 15 is 0 Å². The van der Waals surface area contributed by atoms with Crippen molar-refractivity contribution in [2.24, 2.45) is 5.73 Å². The zero-order valence-electron chi connectivity index (χ0n) is 7.53. The summed E-state index contributed by atoms with van der Waals surface area (Å²) in [5.74, 6) is 1.08. The molecule has 1 aliphatic carbocycles. The number of aromatic hydroxyl groups is 1. The number of rotatable bonds is 2. The van der Waals surface area contributed by atoms with Gasteiger partial charge in [0.1, 0.15) is 0 Å². The van der Waals surface area contributed by atoms with Gasteiger partial charge in [-0.05, 0) is 12.5 Å². The Balaban J connectivity index is 2.35. The van der Waals surface area contributed by atoms with Gasteiger partial charge >= 0.3 is 0 Å². The number of phenols is 1. The van der Waals surface area contributed by atoms with Gasteiger partial charge in [-0.1, -0.05) is 12.1 Å². The molecule has 0 bridgehead atoms. The van der Waals surface area contributed by atoms with Crippen molar-refractivity contribution in [1.82, 2.24) is 0 Å². The highest BCUT2D eigenvalue weighted by molar-refractivity contribution is 5.49. The Bertz CT molecular complexity index is 325. The highest BCUT2D eigenvalue weighted by Gasteiger charge is 2.37. The van der Waals surface area contributed by atoms with Crippen LogP contribution in [-0.2, 0) is 0 Å². The minimum atomic E-state index is 0.206. The van der Waals surface area contributed by atoms with Crippen LogP contribution in [0.25, 0.3) is 0 Å². The molecule has 0 amide bonds. The molecule has 0 radical (unpaired) electrons. The molecule has 0 heterocycles. The van der Waals surface area contributed by atoms with Crippen LogP contribution in [0, 0.1) is 0 Å². The summed E-state index contributed by atoms with van der Waals surface area (Å²) in [5.41, 5.74) is 6.62. The van der Waals surface area contributed by atoms with Crippen LogP contribution >= 0.6 is 0 Å². The summed E-state index contributed by atoms with van der Waals surface area (Å²) in [6.07, 6.45) is 0.959. The minimum Gasteiger partial charge on any atom is -0.504 e. The second-order valence-corrected chi connectivity index (χ2v) is 3.40. The lowest BCUT2D eigenvalue weighted by atomic mass is 10.1. The third-order valence-corrected chi connectivity index (χ3v) is 2.49. The summed E-state index contributed by atoms with van der Waals surface area (Å²) < 4.78 is 5.01. The maximum atomic E-state index is 9.74. The molecule has 1 aromatic carbocycles. The van der Waals surface area contributed by atoms with Crippen molar-refractivity contribution in [1.29, 1.82) is 0 Å². The Hall–Kier alpha value is -1.22. The van der Waals surface area contributed by atoms with Crippen LogP contribution in [0.3, 0.4) is 0 Å². The summed E-state index contributed by atoms with van der Waals surface area (Å²) in [6, 6.07) is 5.72. The molecular formula is C10H13NO2. The van der Waals surface area contributed by atoms with E-state index in [1.54, 1.807) is 13.2 Å². The minimum absolute atomic E-state index is 0.206. The topological polar surface area (TPSA) is 55.5 Å². The summed E-state index contributed by atoms with van der Waals surface area (Å²) in [6.45, 7) is 0. The van der Waals surface area contributed by atoms with Crippen LogP contribution in [0.2, 0.25) is 0 Å². The Morgan fingerprint density at radius 1 is 1.54 bits per heavy atom. The first-order chi connectivity index (χ1) is 6.24. The number of ether oxygens (including phenoxy) is 1.